The van der Waals surface area contributed by atoms with Crippen LogP contribution in [0, 0.1) is 17.5 Å². The average molecular weight is 388 g/mol. The van der Waals surface area contributed by atoms with Crippen molar-refractivity contribution < 1.29 is 22.7 Å². The number of aromatic nitrogens is 1. The second-order valence-corrected chi connectivity index (χ2v) is 5.31. The van der Waals surface area contributed by atoms with E-state index in [-0.39, 0.29) is 22.8 Å². The van der Waals surface area contributed by atoms with E-state index >= 15 is 0 Å². The zero-order valence-corrected chi connectivity index (χ0v) is 15.6. The standard InChI is InChI=1S/C19H13F3N2O2.C2H6/c1-26-19(25)13-9-10-16(24-18-14(21)3-2-4-15(18)22)23-17(13)11-5-7-12(20)8-6-11;1-2/h2-10H,1H3,(H,23,24);1-2H3. The van der Waals surface area contributed by atoms with Crippen molar-refractivity contribution in [3.05, 3.63) is 77.6 Å². The van der Waals surface area contributed by atoms with Crippen LogP contribution < -0.4 is 5.32 Å². The largest absolute Gasteiger partial charge is 0.465 e. The van der Waals surface area contributed by atoms with Gasteiger partial charge in [-0.2, -0.15) is 0 Å². The molecule has 146 valence electrons. The van der Waals surface area contributed by atoms with Crippen molar-refractivity contribution in [2.75, 3.05) is 12.4 Å². The van der Waals surface area contributed by atoms with E-state index < -0.39 is 23.4 Å². The highest BCUT2D eigenvalue weighted by Gasteiger charge is 2.17. The fourth-order valence-corrected chi connectivity index (χ4v) is 2.38. The molecule has 3 rings (SSSR count). The monoisotopic (exact) mass is 388 g/mol. The van der Waals surface area contributed by atoms with E-state index in [1.807, 2.05) is 13.8 Å². The molecule has 0 saturated carbocycles. The predicted molar refractivity (Wildman–Crippen MR) is 102 cm³/mol. The second kappa shape index (κ2) is 9.55. The first-order valence-corrected chi connectivity index (χ1v) is 8.56. The molecule has 0 aliphatic heterocycles. The smallest absolute Gasteiger partial charge is 0.340 e. The second-order valence-electron chi connectivity index (χ2n) is 5.31. The first kappa shape index (κ1) is 21.0. The minimum Gasteiger partial charge on any atom is -0.465 e. The molecule has 3 aromatic rings. The van der Waals surface area contributed by atoms with Gasteiger partial charge in [-0.3, -0.25) is 0 Å². The quantitative estimate of drug-likeness (QED) is 0.581. The summed E-state index contributed by atoms with van der Waals surface area (Å²) in [5.74, 6) is -2.54. The molecule has 4 nitrogen and oxygen atoms in total. The maximum atomic E-state index is 13.8. The molecule has 1 aromatic heterocycles. The van der Waals surface area contributed by atoms with Gasteiger partial charge in [-0.15, -0.1) is 0 Å². The van der Waals surface area contributed by atoms with E-state index in [0.29, 0.717) is 5.56 Å². The Morgan fingerprint density at radius 3 is 2.11 bits per heavy atom. The Morgan fingerprint density at radius 1 is 0.929 bits per heavy atom. The summed E-state index contributed by atoms with van der Waals surface area (Å²) >= 11 is 0. The maximum Gasteiger partial charge on any atom is 0.340 e. The molecule has 0 aliphatic carbocycles. The Kier molecular flexibility index (Phi) is 7.14. The number of nitrogens with zero attached hydrogens (tertiary/aromatic N) is 1. The van der Waals surface area contributed by atoms with Crippen LogP contribution in [0.3, 0.4) is 0 Å². The average Bonchev–Trinajstić information content (AvgIpc) is 2.72. The van der Waals surface area contributed by atoms with Crippen LogP contribution >= 0.6 is 0 Å². The number of hydrogen-bond acceptors (Lipinski definition) is 4. The van der Waals surface area contributed by atoms with Gasteiger partial charge >= 0.3 is 5.97 Å². The molecule has 0 radical (unpaired) electrons. The van der Waals surface area contributed by atoms with Crippen molar-refractivity contribution in [2.24, 2.45) is 0 Å². The third-order valence-electron chi connectivity index (χ3n) is 3.63. The number of ether oxygens (including phenoxy) is 1. The minimum atomic E-state index is -0.785. The lowest BCUT2D eigenvalue weighted by atomic mass is 10.1. The Labute approximate surface area is 161 Å². The van der Waals surface area contributed by atoms with Crippen LogP contribution in [0.2, 0.25) is 0 Å². The Morgan fingerprint density at radius 2 is 1.54 bits per heavy atom. The van der Waals surface area contributed by atoms with E-state index in [9.17, 15) is 18.0 Å². The molecular formula is C21H19F3N2O2. The number of pyridine rings is 1. The number of carbonyl (C=O) groups excluding carboxylic acids is 1. The first-order valence-electron chi connectivity index (χ1n) is 8.56. The normalized spacial score (nSPS) is 9.93. The first-order chi connectivity index (χ1) is 13.5. The van der Waals surface area contributed by atoms with Gasteiger partial charge in [-0.25, -0.2) is 22.9 Å². The van der Waals surface area contributed by atoms with Crippen LogP contribution in [-0.4, -0.2) is 18.1 Å². The highest BCUT2D eigenvalue weighted by molar-refractivity contribution is 5.96. The van der Waals surface area contributed by atoms with Crippen LogP contribution in [-0.2, 0) is 4.74 Å². The third-order valence-corrected chi connectivity index (χ3v) is 3.63. The zero-order valence-electron chi connectivity index (χ0n) is 15.6. The number of hydrogen-bond donors (Lipinski definition) is 1. The maximum absolute atomic E-state index is 13.8. The number of methoxy groups -OCH3 is 1. The van der Waals surface area contributed by atoms with Crippen molar-refractivity contribution in [3.8, 4) is 11.3 Å². The lowest BCUT2D eigenvalue weighted by Gasteiger charge is -2.12. The molecule has 0 aliphatic rings. The highest BCUT2D eigenvalue weighted by Crippen LogP contribution is 2.27. The van der Waals surface area contributed by atoms with Gasteiger partial charge in [0.25, 0.3) is 0 Å². The predicted octanol–water partition coefficient (Wildman–Crippen LogP) is 5.72. The van der Waals surface area contributed by atoms with Crippen molar-refractivity contribution in [3.63, 3.8) is 0 Å². The lowest BCUT2D eigenvalue weighted by molar-refractivity contribution is 0.0601. The molecule has 1 heterocycles. The Hall–Kier alpha value is -3.35. The number of para-hydroxylation sites is 1. The van der Waals surface area contributed by atoms with Crippen LogP contribution in [0.15, 0.2) is 54.6 Å². The van der Waals surface area contributed by atoms with Gasteiger partial charge in [-0.1, -0.05) is 19.9 Å². The Bertz CT molecular complexity index is 940. The van der Waals surface area contributed by atoms with Gasteiger partial charge in [0.05, 0.1) is 18.4 Å². The van der Waals surface area contributed by atoms with Crippen molar-refractivity contribution in [1.29, 1.82) is 0 Å². The molecule has 0 atom stereocenters. The van der Waals surface area contributed by atoms with Gasteiger partial charge < -0.3 is 10.1 Å². The summed E-state index contributed by atoms with van der Waals surface area (Å²) in [4.78, 5) is 16.2. The summed E-state index contributed by atoms with van der Waals surface area (Å²) in [6.07, 6.45) is 0. The van der Waals surface area contributed by atoms with Crippen molar-refractivity contribution in [1.82, 2.24) is 4.98 Å². The SMILES string of the molecule is CC.COC(=O)c1ccc(Nc2c(F)cccc2F)nc1-c1ccc(F)cc1. The van der Waals surface area contributed by atoms with Gasteiger partial charge in [-0.05, 0) is 48.5 Å². The van der Waals surface area contributed by atoms with Gasteiger partial charge in [0.1, 0.15) is 29.0 Å². The van der Waals surface area contributed by atoms with Gasteiger partial charge in [0, 0.05) is 5.56 Å². The fraction of sp³-hybridized carbons (Fsp3) is 0.143. The van der Waals surface area contributed by atoms with E-state index in [1.54, 1.807) is 0 Å². The lowest BCUT2D eigenvalue weighted by Crippen LogP contribution is -2.07. The van der Waals surface area contributed by atoms with Crippen LogP contribution in [0.5, 0.6) is 0 Å². The van der Waals surface area contributed by atoms with Crippen LogP contribution in [0.25, 0.3) is 11.3 Å². The molecule has 0 bridgehead atoms. The van der Waals surface area contributed by atoms with Gasteiger partial charge in [0.15, 0.2) is 0 Å². The number of anilines is 2. The molecule has 0 amide bonds. The van der Waals surface area contributed by atoms with E-state index in [4.69, 9.17) is 4.74 Å². The fourth-order valence-electron chi connectivity index (χ4n) is 2.38. The number of halogens is 3. The van der Waals surface area contributed by atoms with E-state index in [1.165, 1.54) is 49.6 Å². The number of nitrogens with one attached hydrogen (secondary N) is 1. The van der Waals surface area contributed by atoms with Crippen LogP contribution in [0.1, 0.15) is 24.2 Å². The summed E-state index contributed by atoms with van der Waals surface area (Å²) in [7, 11) is 1.22. The third kappa shape index (κ3) is 4.68. The molecule has 2 aromatic carbocycles. The molecule has 0 spiro atoms. The summed E-state index contributed by atoms with van der Waals surface area (Å²) < 4.78 is 45.5. The summed E-state index contributed by atoms with van der Waals surface area (Å²) in [5.41, 5.74) is 0.414. The van der Waals surface area contributed by atoms with Crippen LogP contribution in [0.4, 0.5) is 24.7 Å². The molecule has 28 heavy (non-hydrogen) atoms. The summed E-state index contributed by atoms with van der Waals surface area (Å²) in [6.45, 7) is 4.00. The molecule has 0 fully saturated rings. The van der Waals surface area contributed by atoms with Gasteiger partial charge in [0.2, 0.25) is 0 Å². The Balaban J connectivity index is 0.00000136. The molecular weight excluding hydrogens is 369 g/mol. The number of esters is 1. The molecule has 7 heteroatoms. The van der Waals surface area contributed by atoms with Crippen molar-refractivity contribution in [2.45, 2.75) is 13.8 Å². The molecule has 0 unspecified atom stereocenters. The molecule has 0 saturated heterocycles. The van der Waals surface area contributed by atoms with E-state index in [2.05, 4.69) is 10.3 Å². The summed E-state index contributed by atoms with van der Waals surface area (Å²) in [6, 6.07) is 11.6. The van der Waals surface area contributed by atoms with E-state index in [0.717, 1.165) is 12.1 Å². The summed E-state index contributed by atoms with van der Waals surface area (Å²) in [5, 5.41) is 2.56. The number of benzene rings is 2. The molecule has 1 N–H and O–H groups in total. The highest BCUT2D eigenvalue weighted by atomic mass is 19.1. The topological polar surface area (TPSA) is 51.2 Å². The van der Waals surface area contributed by atoms with Crippen molar-refractivity contribution >= 4 is 17.5 Å². The zero-order chi connectivity index (χ0) is 20.7. The number of carbonyl (C=O) groups is 1. The number of rotatable bonds is 4. The minimum absolute atomic E-state index is 0.112.